The van der Waals surface area contributed by atoms with Gasteiger partial charge in [0.15, 0.2) is 0 Å². The molecular weight excluding hydrogens is 397 g/mol. The molecule has 0 bridgehead atoms. The van der Waals surface area contributed by atoms with Gasteiger partial charge >= 0.3 is 0 Å². The maximum atomic E-state index is 12.9. The largest absolute Gasteiger partial charge is 0.341 e. The number of nitriles is 1. The van der Waals surface area contributed by atoms with Crippen molar-refractivity contribution in [1.82, 2.24) is 19.1 Å². The number of aromatic nitrogens is 4. The summed E-state index contributed by atoms with van der Waals surface area (Å²) < 4.78 is 3.45. The summed E-state index contributed by atoms with van der Waals surface area (Å²) in [5.41, 5.74) is 2.78. The van der Waals surface area contributed by atoms with E-state index in [4.69, 9.17) is 23.2 Å². The number of hydrogen-bond donors (Lipinski definition) is 0. The van der Waals surface area contributed by atoms with Crippen LogP contribution in [0.3, 0.4) is 0 Å². The van der Waals surface area contributed by atoms with Crippen LogP contribution in [-0.2, 0) is 13.1 Å². The smallest absolute Gasteiger partial charge is 0.271 e. The third-order valence-corrected chi connectivity index (χ3v) is 4.87. The van der Waals surface area contributed by atoms with Crippen LogP contribution in [0.5, 0.6) is 0 Å². The molecule has 0 atom stereocenters. The molecule has 0 amide bonds. The first kappa shape index (κ1) is 18.2. The van der Waals surface area contributed by atoms with Gasteiger partial charge in [-0.25, -0.2) is 9.97 Å². The van der Waals surface area contributed by atoms with E-state index in [0.717, 1.165) is 11.1 Å². The van der Waals surface area contributed by atoms with E-state index in [1.165, 1.54) is 0 Å². The standard InChI is InChI=1S/C20H13Cl2N5O/c21-17-5-3-13(9-24-17)11-26-7-1-2-16-19(26)15(8-23)20(28)27(16)12-14-4-6-18(22)25-10-14/h1-7,9-10H,11-12H2. The Balaban J connectivity index is 1.79. The zero-order chi connectivity index (χ0) is 19.7. The quantitative estimate of drug-likeness (QED) is 0.480. The van der Waals surface area contributed by atoms with E-state index in [1.54, 1.807) is 29.1 Å². The molecule has 0 N–H and O–H groups in total. The monoisotopic (exact) mass is 409 g/mol. The van der Waals surface area contributed by atoms with E-state index in [2.05, 4.69) is 16.0 Å². The van der Waals surface area contributed by atoms with Crippen LogP contribution < -0.4 is 5.56 Å². The normalized spacial score (nSPS) is 10.9. The SMILES string of the molecule is N#Cc1c2n(Cc3ccc(Cl)nc3)cccc-2n(Cc2ccc(Cl)nc2)c1=O. The van der Waals surface area contributed by atoms with Crippen LogP contribution in [0.25, 0.3) is 11.4 Å². The molecule has 4 rings (SSSR count). The Bertz CT molecular complexity index is 1200. The molecule has 0 aliphatic carbocycles. The number of hydrogen-bond acceptors (Lipinski definition) is 4. The van der Waals surface area contributed by atoms with Crippen LogP contribution in [-0.4, -0.2) is 19.1 Å². The van der Waals surface area contributed by atoms with Crippen LogP contribution in [0.15, 0.2) is 59.8 Å². The highest BCUT2D eigenvalue weighted by Crippen LogP contribution is 2.26. The van der Waals surface area contributed by atoms with Gasteiger partial charge in [-0.1, -0.05) is 35.3 Å². The highest BCUT2D eigenvalue weighted by molar-refractivity contribution is 6.29. The molecule has 0 spiro atoms. The van der Waals surface area contributed by atoms with Crippen molar-refractivity contribution in [2.75, 3.05) is 0 Å². The molecule has 8 heteroatoms. The van der Waals surface area contributed by atoms with Gasteiger partial charge in [0.2, 0.25) is 0 Å². The molecule has 2 aromatic heterocycles. The summed E-state index contributed by atoms with van der Waals surface area (Å²) in [6.07, 6.45) is 5.14. The van der Waals surface area contributed by atoms with E-state index < -0.39 is 0 Å². The second-order valence-corrected chi connectivity index (χ2v) is 7.00. The molecule has 0 unspecified atom stereocenters. The van der Waals surface area contributed by atoms with Crippen molar-refractivity contribution in [3.05, 3.63) is 92.3 Å². The van der Waals surface area contributed by atoms with Crippen LogP contribution in [0, 0.1) is 11.3 Å². The van der Waals surface area contributed by atoms with Gasteiger partial charge in [0.1, 0.15) is 21.9 Å². The molecular formula is C20H13Cl2N5O. The molecule has 0 radical (unpaired) electrons. The molecule has 28 heavy (non-hydrogen) atoms. The summed E-state index contributed by atoms with van der Waals surface area (Å²) in [7, 11) is 0. The van der Waals surface area contributed by atoms with Gasteiger partial charge < -0.3 is 9.13 Å². The van der Waals surface area contributed by atoms with Crippen molar-refractivity contribution in [3.63, 3.8) is 0 Å². The van der Waals surface area contributed by atoms with Crippen molar-refractivity contribution in [3.8, 4) is 17.5 Å². The van der Waals surface area contributed by atoms with E-state index in [-0.39, 0.29) is 11.1 Å². The first-order valence-electron chi connectivity index (χ1n) is 8.39. The van der Waals surface area contributed by atoms with Crippen molar-refractivity contribution < 1.29 is 0 Å². The Kier molecular flexibility index (Phi) is 4.86. The molecule has 138 valence electrons. The molecule has 2 aromatic rings. The Morgan fingerprint density at radius 3 is 2.18 bits per heavy atom. The minimum Gasteiger partial charge on any atom is -0.341 e. The van der Waals surface area contributed by atoms with Gasteiger partial charge in [-0.05, 0) is 35.4 Å². The number of fused-ring (bicyclic) bond motifs is 1. The first-order valence-corrected chi connectivity index (χ1v) is 9.15. The Morgan fingerprint density at radius 2 is 1.61 bits per heavy atom. The van der Waals surface area contributed by atoms with Crippen LogP contribution in [0.4, 0.5) is 0 Å². The van der Waals surface area contributed by atoms with Crippen LogP contribution >= 0.6 is 23.2 Å². The lowest BCUT2D eigenvalue weighted by Gasteiger charge is -2.14. The lowest BCUT2D eigenvalue weighted by atomic mass is 10.2. The van der Waals surface area contributed by atoms with E-state index in [1.807, 2.05) is 35.0 Å². The Morgan fingerprint density at radius 1 is 0.964 bits per heavy atom. The predicted octanol–water partition coefficient (Wildman–Crippen LogP) is 3.82. The van der Waals surface area contributed by atoms with Crippen molar-refractivity contribution in [2.24, 2.45) is 0 Å². The maximum absolute atomic E-state index is 12.9. The average Bonchev–Trinajstić information content (AvgIpc) is 2.97. The van der Waals surface area contributed by atoms with Crippen molar-refractivity contribution in [2.45, 2.75) is 13.1 Å². The lowest BCUT2D eigenvalue weighted by molar-refractivity contribution is 0.759. The highest BCUT2D eigenvalue weighted by atomic mass is 35.5. The fourth-order valence-electron chi connectivity index (χ4n) is 3.14. The van der Waals surface area contributed by atoms with Gasteiger partial charge in [0.05, 0.1) is 17.9 Å². The second-order valence-electron chi connectivity index (χ2n) is 6.23. The Hall–Kier alpha value is -3.14. The zero-order valence-electron chi connectivity index (χ0n) is 14.5. The zero-order valence-corrected chi connectivity index (χ0v) is 16.0. The summed E-state index contributed by atoms with van der Waals surface area (Å²) in [6.45, 7) is 0.760. The minimum absolute atomic E-state index is 0.111. The topological polar surface area (TPSA) is 76.5 Å². The fourth-order valence-corrected chi connectivity index (χ4v) is 3.37. The number of pyridine rings is 3. The van der Waals surface area contributed by atoms with E-state index in [0.29, 0.717) is 34.8 Å². The molecule has 6 nitrogen and oxygen atoms in total. The molecule has 2 aliphatic rings. The summed E-state index contributed by atoms with van der Waals surface area (Å²) in [5.74, 6) is 0. The molecule has 0 saturated carbocycles. The lowest BCUT2D eigenvalue weighted by Crippen LogP contribution is -2.17. The molecule has 4 heterocycles. The van der Waals surface area contributed by atoms with E-state index >= 15 is 0 Å². The number of nitrogens with zero attached hydrogens (tertiary/aromatic N) is 5. The summed E-state index contributed by atoms with van der Waals surface area (Å²) in [5, 5.41) is 10.4. The van der Waals surface area contributed by atoms with Gasteiger partial charge in [-0.15, -0.1) is 0 Å². The van der Waals surface area contributed by atoms with Gasteiger partial charge in [-0.2, -0.15) is 5.26 Å². The fraction of sp³-hybridized carbons (Fsp3) is 0.100. The third-order valence-electron chi connectivity index (χ3n) is 4.42. The van der Waals surface area contributed by atoms with Crippen LogP contribution in [0.2, 0.25) is 10.3 Å². The summed E-state index contributed by atoms with van der Waals surface area (Å²) >= 11 is 11.7. The van der Waals surface area contributed by atoms with Crippen molar-refractivity contribution >= 4 is 23.2 Å². The number of rotatable bonds is 4. The average molecular weight is 410 g/mol. The molecule has 2 aliphatic heterocycles. The number of halogens is 2. The molecule has 0 aromatic carbocycles. The minimum atomic E-state index is -0.332. The highest BCUT2D eigenvalue weighted by Gasteiger charge is 2.23. The molecule has 0 fully saturated rings. The Labute approximate surface area is 170 Å². The van der Waals surface area contributed by atoms with Crippen LogP contribution in [0.1, 0.15) is 16.7 Å². The third kappa shape index (κ3) is 3.38. The summed E-state index contributed by atoms with van der Waals surface area (Å²) in [6, 6.07) is 12.8. The van der Waals surface area contributed by atoms with Gasteiger partial charge in [-0.3, -0.25) is 4.79 Å². The second kappa shape index (κ2) is 7.47. The van der Waals surface area contributed by atoms with E-state index in [9.17, 15) is 10.1 Å². The van der Waals surface area contributed by atoms with Gasteiger partial charge in [0, 0.05) is 25.1 Å². The van der Waals surface area contributed by atoms with Crippen molar-refractivity contribution in [1.29, 1.82) is 5.26 Å². The molecule has 0 saturated heterocycles. The summed E-state index contributed by atoms with van der Waals surface area (Å²) in [4.78, 5) is 21.0. The maximum Gasteiger partial charge on any atom is 0.271 e. The van der Waals surface area contributed by atoms with Gasteiger partial charge in [0.25, 0.3) is 5.56 Å². The predicted molar refractivity (Wildman–Crippen MR) is 107 cm³/mol. The first-order chi connectivity index (χ1) is 13.6.